The van der Waals surface area contributed by atoms with Crippen LogP contribution < -0.4 is 5.73 Å². The van der Waals surface area contributed by atoms with Crippen molar-refractivity contribution in [3.8, 4) is 0 Å². The van der Waals surface area contributed by atoms with Crippen molar-refractivity contribution in [3.05, 3.63) is 35.6 Å². The third kappa shape index (κ3) is 1.29. The van der Waals surface area contributed by atoms with Crippen molar-refractivity contribution in [3.63, 3.8) is 0 Å². The first-order valence-electron chi connectivity index (χ1n) is 5.49. The van der Waals surface area contributed by atoms with Crippen LogP contribution in [0.15, 0.2) is 28.7 Å². The van der Waals surface area contributed by atoms with E-state index >= 15 is 0 Å². The molecule has 1 aliphatic carbocycles. The highest BCUT2D eigenvalue weighted by Gasteiger charge is 2.31. The molecule has 1 fully saturated rings. The van der Waals surface area contributed by atoms with Gasteiger partial charge in [0.25, 0.3) is 0 Å². The number of para-hydroxylation sites is 1. The third-order valence-electron chi connectivity index (χ3n) is 3.43. The first-order chi connectivity index (χ1) is 7.25. The summed E-state index contributed by atoms with van der Waals surface area (Å²) in [5.74, 6) is 1.70. The fourth-order valence-electron chi connectivity index (χ4n) is 2.46. The van der Waals surface area contributed by atoms with E-state index in [4.69, 9.17) is 10.2 Å². The largest absolute Gasteiger partial charge is 0.460 e. The highest BCUT2D eigenvalue weighted by atomic mass is 16.3. The normalized spacial score (nSPS) is 25.5. The molecule has 0 aliphatic heterocycles. The number of hydrogen-bond acceptors (Lipinski definition) is 2. The lowest BCUT2D eigenvalue weighted by Crippen LogP contribution is -2.34. The molecule has 0 saturated heterocycles. The van der Waals surface area contributed by atoms with Crippen LogP contribution >= 0.6 is 0 Å². The summed E-state index contributed by atoms with van der Waals surface area (Å²) in [6.07, 6.45) is 2.14. The summed E-state index contributed by atoms with van der Waals surface area (Å²) >= 11 is 0. The Labute approximate surface area is 89.1 Å². The van der Waals surface area contributed by atoms with Gasteiger partial charge in [-0.2, -0.15) is 0 Å². The van der Waals surface area contributed by atoms with Crippen molar-refractivity contribution in [1.29, 1.82) is 0 Å². The average molecular weight is 201 g/mol. The Balaban J connectivity index is 2.08. The number of benzene rings is 1. The molecule has 1 aromatic carbocycles. The maximum absolute atomic E-state index is 5.90. The van der Waals surface area contributed by atoms with Gasteiger partial charge in [-0.15, -0.1) is 0 Å². The van der Waals surface area contributed by atoms with Gasteiger partial charge in [0.2, 0.25) is 0 Å². The molecule has 78 valence electrons. The van der Waals surface area contributed by atoms with E-state index in [9.17, 15) is 0 Å². The topological polar surface area (TPSA) is 39.2 Å². The van der Waals surface area contributed by atoms with Gasteiger partial charge in [0.15, 0.2) is 0 Å². The van der Waals surface area contributed by atoms with Crippen LogP contribution in [0.1, 0.15) is 30.1 Å². The Morgan fingerprint density at radius 1 is 1.27 bits per heavy atom. The minimum Gasteiger partial charge on any atom is -0.460 e. The van der Waals surface area contributed by atoms with Gasteiger partial charge in [-0.1, -0.05) is 18.2 Å². The molecule has 2 nitrogen and oxygen atoms in total. The van der Waals surface area contributed by atoms with Crippen molar-refractivity contribution in [2.24, 2.45) is 5.73 Å². The van der Waals surface area contributed by atoms with E-state index in [1.54, 1.807) is 0 Å². The zero-order valence-corrected chi connectivity index (χ0v) is 8.86. The lowest BCUT2D eigenvalue weighted by molar-refractivity contribution is 0.307. The van der Waals surface area contributed by atoms with Gasteiger partial charge in [0.05, 0.1) is 0 Å². The lowest BCUT2D eigenvalue weighted by atomic mass is 9.78. The summed E-state index contributed by atoms with van der Waals surface area (Å²) in [6, 6.07) is 8.60. The van der Waals surface area contributed by atoms with E-state index in [0.717, 1.165) is 24.2 Å². The number of fused-ring (bicyclic) bond motifs is 1. The predicted molar refractivity (Wildman–Crippen MR) is 60.9 cm³/mol. The van der Waals surface area contributed by atoms with Gasteiger partial charge in [-0.25, -0.2) is 0 Å². The minimum atomic E-state index is 0.377. The molecule has 1 heterocycles. The summed E-state index contributed by atoms with van der Waals surface area (Å²) in [5, 5.41) is 1.24. The van der Waals surface area contributed by atoms with Crippen LogP contribution in [-0.2, 0) is 0 Å². The smallest absolute Gasteiger partial charge is 0.134 e. The summed E-state index contributed by atoms with van der Waals surface area (Å²) in [6.45, 7) is 2.14. The van der Waals surface area contributed by atoms with Gasteiger partial charge in [-0.05, 0) is 31.4 Å². The molecule has 0 spiro atoms. The zero-order valence-electron chi connectivity index (χ0n) is 8.86. The molecule has 3 rings (SSSR count). The third-order valence-corrected chi connectivity index (χ3v) is 3.43. The number of aryl methyl sites for hydroxylation is 1. The van der Waals surface area contributed by atoms with Crippen molar-refractivity contribution < 1.29 is 4.42 Å². The second-order valence-electron chi connectivity index (χ2n) is 4.52. The first kappa shape index (κ1) is 8.98. The Hall–Kier alpha value is -1.28. The van der Waals surface area contributed by atoms with Gasteiger partial charge in [0.1, 0.15) is 11.3 Å². The zero-order chi connectivity index (χ0) is 10.4. The van der Waals surface area contributed by atoms with E-state index in [-0.39, 0.29) is 0 Å². The van der Waals surface area contributed by atoms with Crippen LogP contribution in [-0.4, -0.2) is 6.04 Å². The number of nitrogens with two attached hydrogens (primary N) is 1. The van der Waals surface area contributed by atoms with Crippen molar-refractivity contribution >= 4 is 11.0 Å². The Bertz CT molecular complexity index is 494. The van der Waals surface area contributed by atoms with Crippen molar-refractivity contribution in [2.45, 2.75) is 31.7 Å². The molecule has 1 aromatic heterocycles. The molecule has 0 unspecified atom stereocenters. The molecule has 0 radical (unpaired) electrons. The predicted octanol–water partition coefficient (Wildman–Crippen LogP) is 2.95. The minimum absolute atomic E-state index is 0.377. The number of furan rings is 1. The Morgan fingerprint density at radius 3 is 2.67 bits per heavy atom. The molecule has 2 aromatic rings. The molecular formula is C13H15NO. The Morgan fingerprint density at radius 2 is 2.00 bits per heavy atom. The van der Waals surface area contributed by atoms with Crippen LogP contribution in [0.5, 0.6) is 0 Å². The highest BCUT2D eigenvalue weighted by Crippen LogP contribution is 2.40. The van der Waals surface area contributed by atoms with E-state index in [0.29, 0.717) is 12.0 Å². The number of hydrogen-bond donors (Lipinski definition) is 1. The van der Waals surface area contributed by atoms with Crippen molar-refractivity contribution in [1.82, 2.24) is 0 Å². The summed E-state index contributed by atoms with van der Waals surface area (Å²) in [7, 11) is 0. The number of rotatable bonds is 1. The fourth-order valence-corrected chi connectivity index (χ4v) is 2.46. The average Bonchev–Trinajstić information content (AvgIpc) is 2.52. The van der Waals surface area contributed by atoms with Crippen LogP contribution in [0, 0.1) is 6.92 Å². The SMILES string of the molecule is Cc1c(C2CC(N)C2)oc2ccccc12. The molecule has 0 atom stereocenters. The van der Waals surface area contributed by atoms with Gasteiger partial charge < -0.3 is 10.2 Å². The maximum atomic E-state index is 5.90. The van der Waals surface area contributed by atoms with E-state index in [1.165, 1.54) is 10.9 Å². The molecule has 1 aliphatic rings. The highest BCUT2D eigenvalue weighted by molar-refractivity contribution is 5.82. The summed E-state index contributed by atoms with van der Waals surface area (Å²) in [5.41, 5.74) is 8.11. The molecular weight excluding hydrogens is 186 g/mol. The molecule has 1 saturated carbocycles. The van der Waals surface area contributed by atoms with Crippen LogP contribution in [0.25, 0.3) is 11.0 Å². The molecule has 0 amide bonds. The van der Waals surface area contributed by atoms with E-state index < -0.39 is 0 Å². The molecule has 2 heteroatoms. The fraction of sp³-hybridized carbons (Fsp3) is 0.385. The molecule has 15 heavy (non-hydrogen) atoms. The van der Waals surface area contributed by atoms with Crippen LogP contribution in [0.4, 0.5) is 0 Å². The molecule has 0 bridgehead atoms. The van der Waals surface area contributed by atoms with E-state index in [2.05, 4.69) is 19.1 Å². The van der Waals surface area contributed by atoms with Crippen molar-refractivity contribution in [2.75, 3.05) is 0 Å². The second-order valence-corrected chi connectivity index (χ2v) is 4.52. The first-order valence-corrected chi connectivity index (χ1v) is 5.49. The standard InChI is InChI=1S/C13H15NO/c1-8-11-4-2-3-5-12(11)15-13(8)9-6-10(14)7-9/h2-5,9-10H,6-7,14H2,1H3. The quantitative estimate of drug-likeness (QED) is 0.770. The van der Waals surface area contributed by atoms with Gasteiger partial charge >= 0.3 is 0 Å². The monoisotopic (exact) mass is 201 g/mol. The van der Waals surface area contributed by atoms with Gasteiger partial charge in [-0.3, -0.25) is 0 Å². The lowest BCUT2D eigenvalue weighted by Gasteiger charge is -2.31. The molecule has 2 N–H and O–H groups in total. The maximum Gasteiger partial charge on any atom is 0.134 e. The Kier molecular flexibility index (Phi) is 1.86. The van der Waals surface area contributed by atoms with Gasteiger partial charge in [0, 0.05) is 17.3 Å². The van der Waals surface area contributed by atoms with Crippen LogP contribution in [0.3, 0.4) is 0 Å². The summed E-state index contributed by atoms with van der Waals surface area (Å²) in [4.78, 5) is 0. The second kappa shape index (κ2) is 3.11. The van der Waals surface area contributed by atoms with Crippen LogP contribution in [0.2, 0.25) is 0 Å². The summed E-state index contributed by atoms with van der Waals surface area (Å²) < 4.78 is 5.90. The van der Waals surface area contributed by atoms with E-state index in [1.807, 2.05) is 12.1 Å².